The molecular formula is C22H31ClN6O3. The van der Waals surface area contributed by atoms with Crippen LogP contribution in [-0.4, -0.2) is 70.4 Å². The third kappa shape index (κ3) is 7.29. The van der Waals surface area contributed by atoms with Gasteiger partial charge in [0.1, 0.15) is 12.7 Å². The molecule has 0 spiro atoms. The summed E-state index contributed by atoms with van der Waals surface area (Å²) in [5, 5.41) is 10.6. The molecule has 0 radical (unpaired) electrons. The Kier molecular flexibility index (Phi) is 9.01. The van der Waals surface area contributed by atoms with Crippen molar-refractivity contribution < 1.29 is 14.3 Å². The lowest BCUT2D eigenvalue weighted by Crippen LogP contribution is -2.43. The number of piperidine rings is 1. The molecule has 9 nitrogen and oxygen atoms in total. The zero-order valence-corrected chi connectivity index (χ0v) is 19.3. The minimum atomic E-state index is -0.137. The second-order valence-corrected chi connectivity index (χ2v) is 8.60. The van der Waals surface area contributed by atoms with E-state index in [0.29, 0.717) is 42.6 Å². The Morgan fingerprint density at radius 3 is 2.75 bits per heavy atom. The summed E-state index contributed by atoms with van der Waals surface area (Å²) in [7, 11) is 0. The van der Waals surface area contributed by atoms with Crippen LogP contribution in [0.5, 0.6) is 0 Å². The molecule has 0 saturated carbocycles. The van der Waals surface area contributed by atoms with E-state index in [2.05, 4.69) is 25.6 Å². The number of rotatable bonds is 10. The molecule has 10 heteroatoms. The molecule has 0 bridgehead atoms. The molecule has 0 atom stereocenters. The van der Waals surface area contributed by atoms with Gasteiger partial charge in [-0.2, -0.15) is 5.10 Å². The maximum absolute atomic E-state index is 12.6. The van der Waals surface area contributed by atoms with Crippen LogP contribution < -0.4 is 10.6 Å². The van der Waals surface area contributed by atoms with Crippen molar-refractivity contribution in [2.75, 3.05) is 38.1 Å². The summed E-state index contributed by atoms with van der Waals surface area (Å²) in [5.41, 5.74) is 1.26. The average molecular weight is 463 g/mol. The number of ether oxygens (including phenoxy) is 1. The number of hydrogen-bond donors (Lipinski definition) is 2. The van der Waals surface area contributed by atoms with Gasteiger partial charge in [-0.05, 0) is 64.4 Å². The Bertz CT molecular complexity index is 882. The fourth-order valence-corrected chi connectivity index (χ4v) is 3.81. The molecule has 1 aromatic heterocycles. The molecule has 174 valence electrons. The number of likely N-dealkylation sites (tertiary alicyclic amines) is 1. The third-order valence-corrected chi connectivity index (χ3v) is 5.53. The molecule has 1 aliphatic heterocycles. The zero-order chi connectivity index (χ0) is 22.9. The molecule has 32 heavy (non-hydrogen) atoms. The Morgan fingerprint density at radius 2 is 2.06 bits per heavy atom. The van der Waals surface area contributed by atoms with Crippen LogP contribution in [-0.2, 0) is 14.3 Å². The highest BCUT2D eigenvalue weighted by atomic mass is 35.5. The summed E-state index contributed by atoms with van der Waals surface area (Å²) < 4.78 is 7.06. The minimum Gasteiger partial charge on any atom is -0.379 e. The average Bonchev–Trinajstić information content (AvgIpc) is 3.28. The van der Waals surface area contributed by atoms with Gasteiger partial charge in [-0.1, -0.05) is 11.6 Å². The first kappa shape index (κ1) is 24.2. The second-order valence-electron chi connectivity index (χ2n) is 8.16. The number of nitrogens with one attached hydrogen (secondary N) is 2. The number of halogens is 1. The van der Waals surface area contributed by atoms with Crippen molar-refractivity contribution in [2.45, 2.75) is 39.2 Å². The summed E-state index contributed by atoms with van der Waals surface area (Å²) in [4.78, 5) is 31.0. The first-order valence-corrected chi connectivity index (χ1v) is 11.4. The first-order valence-electron chi connectivity index (χ1n) is 11.0. The number of carbonyl (C=O) groups excluding carboxylic acids is 2. The van der Waals surface area contributed by atoms with E-state index in [9.17, 15) is 9.59 Å². The van der Waals surface area contributed by atoms with E-state index in [0.717, 1.165) is 19.3 Å². The van der Waals surface area contributed by atoms with Crippen molar-refractivity contribution in [1.29, 1.82) is 0 Å². The predicted molar refractivity (Wildman–Crippen MR) is 123 cm³/mol. The smallest absolute Gasteiger partial charge is 0.238 e. The summed E-state index contributed by atoms with van der Waals surface area (Å²) >= 11 is 6.11. The molecule has 1 fully saturated rings. The SMILES string of the molecule is CC(C)OCCCNC(=O)C1CCN(CC(=O)Nc2cc(Cl)ccc2-n2cncn2)CC1. The number of benzene rings is 1. The Morgan fingerprint density at radius 1 is 1.28 bits per heavy atom. The first-order chi connectivity index (χ1) is 15.4. The maximum atomic E-state index is 12.6. The van der Waals surface area contributed by atoms with Crippen molar-refractivity contribution in [3.63, 3.8) is 0 Å². The second kappa shape index (κ2) is 11.9. The van der Waals surface area contributed by atoms with E-state index < -0.39 is 0 Å². The van der Waals surface area contributed by atoms with E-state index in [4.69, 9.17) is 16.3 Å². The summed E-state index contributed by atoms with van der Waals surface area (Å²) in [6, 6.07) is 5.21. The molecule has 1 saturated heterocycles. The molecule has 2 aromatic rings. The maximum Gasteiger partial charge on any atom is 0.238 e. The summed E-state index contributed by atoms with van der Waals surface area (Å²) in [6.45, 7) is 6.93. The van der Waals surface area contributed by atoms with Crippen LogP contribution in [0.4, 0.5) is 5.69 Å². The Balaban J connectivity index is 1.42. The highest BCUT2D eigenvalue weighted by Gasteiger charge is 2.26. The molecule has 0 unspecified atom stereocenters. The fraction of sp³-hybridized carbons (Fsp3) is 0.545. The molecule has 1 aliphatic rings. The molecular weight excluding hydrogens is 432 g/mol. The molecule has 2 amide bonds. The number of amides is 2. The van der Waals surface area contributed by atoms with Gasteiger partial charge in [0.2, 0.25) is 11.8 Å². The number of hydrogen-bond acceptors (Lipinski definition) is 6. The van der Waals surface area contributed by atoms with Gasteiger partial charge in [-0.3, -0.25) is 14.5 Å². The van der Waals surface area contributed by atoms with Crippen LogP contribution in [0.2, 0.25) is 5.02 Å². The lowest BCUT2D eigenvalue weighted by Gasteiger charge is -2.30. The standard InChI is InChI=1S/C22H31ClN6O3/c1-16(2)32-11-3-8-25-22(31)17-6-9-28(10-7-17)13-21(30)27-19-12-18(23)4-5-20(19)29-15-24-14-26-29/h4-5,12,14-17H,3,6-11,13H2,1-2H3,(H,25,31)(H,27,30). The third-order valence-electron chi connectivity index (χ3n) is 5.30. The van der Waals surface area contributed by atoms with Gasteiger partial charge in [0, 0.05) is 24.1 Å². The van der Waals surface area contributed by atoms with Gasteiger partial charge in [0.15, 0.2) is 0 Å². The van der Waals surface area contributed by atoms with Gasteiger partial charge < -0.3 is 15.4 Å². The van der Waals surface area contributed by atoms with Gasteiger partial charge in [-0.25, -0.2) is 9.67 Å². The van der Waals surface area contributed by atoms with Crippen molar-refractivity contribution in [3.8, 4) is 5.69 Å². The molecule has 2 heterocycles. The number of anilines is 1. The van der Waals surface area contributed by atoms with Gasteiger partial charge in [0.25, 0.3) is 0 Å². The van der Waals surface area contributed by atoms with E-state index >= 15 is 0 Å². The highest BCUT2D eigenvalue weighted by Crippen LogP contribution is 2.24. The van der Waals surface area contributed by atoms with Crippen molar-refractivity contribution in [3.05, 3.63) is 35.9 Å². The fourth-order valence-electron chi connectivity index (χ4n) is 3.63. The van der Waals surface area contributed by atoms with E-state index in [-0.39, 0.29) is 30.4 Å². The predicted octanol–water partition coefficient (Wildman–Crippen LogP) is 2.50. The van der Waals surface area contributed by atoms with Gasteiger partial charge in [-0.15, -0.1) is 0 Å². The number of aromatic nitrogens is 3. The highest BCUT2D eigenvalue weighted by molar-refractivity contribution is 6.31. The normalized spacial score (nSPS) is 15.1. The van der Waals surface area contributed by atoms with Crippen LogP contribution >= 0.6 is 11.6 Å². The van der Waals surface area contributed by atoms with Crippen LogP contribution in [0.25, 0.3) is 5.69 Å². The summed E-state index contributed by atoms with van der Waals surface area (Å²) in [6.07, 6.45) is 5.49. The quantitative estimate of drug-likeness (QED) is 0.526. The van der Waals surface area contributed by atoms with E-state index in [1.807, 2.05) is 13.8 Å². The zero-order valence-electron chi connectivity index (χ0n) is 18.6. The van der Waals surface area contributed by atoms with E-state index in [1.54, 1.807) is 29.2 Å². The Labute approximate surface area is 193 Å². The molecule has 3 rings (SSSR count). The molecule has 2 N–H and O–H groups in total. The largest absolute Gasteiger partial charge is 0.379 e. The van der Waals surface area contributed by atoms with Gasteiger partial charge >= 0.3 is 0 Å². The van der Waals surface area contributed by atoms with Crippen molar-refractivity contribution in [1.82, 2.24) is 25.0 Å². The van der Waals surface area contributed by atoms with Crippen LogP contribution in [0, 0.1) is 5.92 Å². The lowest BCUT2D eigenvalue weighted by molar-refractivity contribution is -0.126. The monoisotopic (exact) mass is 462 g/mol. The van der Waals surface area contributed by atoms with Crippen LogP contribution in [0.15, 0.2) is 30.9 Å². The van der Waals surface area contributed by atoms with Gasteiger partial charge in [0.05, 0.1) is 24.0 Å². The molecule has 1 aromatic carbocycles. The number of carbonyl (C=O) groups is 2. The Hall–Kier alpha value is -2.49. The summed E-state index contributed by atoms with van der Waals surface area (Å²) in [5.74, 6) is -0.0519. The topological polar surface area (TPSA) is 101 Å². The lowest BCUT2D eigenvalue weighted by atomic mass is 9.96. The minimum absolute atomic E-state index is 0.00724. The van der Waals surface area contributed by atoms with E-state index in [1.165, 1.54) is 6.33 Å². The molecule has 0 aliphatic carbocycles. The number of nitrogens with zero attached hydrogens (tertiary/aromatic N) is 4. The van der Waals surface area contributed by atoms with Crippen LogP contribution in [0.1, 0.15) is 33.1 Å². The van der Waals surface area contributed by atoms with Crippen molar-refractivity contribution in [2.24, 2.45) is 5.92 Å². The van der Waals surface area contributed by atoms with Crippen LogP contribution in [0.3, 0.4) is 0 Å². The van der Waals surface area contributed by atoms with Crippen molar-refractivity contribution >= 4 is 29.1 Å².